The molecule has 0 aliphatic heterocycles. The van der Waals surface area contributed by atoms with Crippen molar-refractivity contribution < 1.29 is 23.4 Å². The lowest BCUT2D eigenvalue weighted by Gasteiger charge is -2.24. The predicted octanol–water partition coefficient (Wildman–Crippen LogP) is 4.61. The second-order valence-corrected chi connectivity index (χ2v) is 8.10. The average Bonchev–Trinajstić information content (AvgIpc) is 2.54. The Morgan fingerprint density at radius 2 is 1.19 bits per heavy atom. The van der Waals surface area contributed by atoms with E-state index in [-0.39, 0.29) is 29.0 Å². The lowest BCUT2D eigenvalue weighted by molar-refractivity contribution is -0.385. The van der Waals surface area contributed by atoms with Crippen molar-refractivity contribution in [2.24, 2.45) is 0 Å². The van der Waals surface area contributed by atoms with Gasteiger partial charge in [-0.15, -0.1) is 0 Å². The zero-order chi connectivity index (χ0) is 19.3. The number of rotatable bonds is 8. The van der Waals surface area contributed by atoms with Crippen molar-refractivity contribution in [3.8, 4) is 11.5 Å². The van der Waals surface area contributed by atoms with Crippen LogP contribution in [0.3, 0.4) is 0 Å². The third-order valence-electron chi connectivity index (χ3n) is 2.87. The summed E-state index contributed by atoms with van der Waals surface area (Å²) in [7, 11) is 0. The Hall–Kier alpha value is -2.55. The highest BCUT2D eigenvalue weighted by atomic mass is 32.5. The number of non-ortho nitro benzene ring substituents is 2. The fraction of sp³-hybridized carbons (Fsp3) is 0.200. The molecule has 0 saturated carbocycles. The summed E-state index contributed by atoms with van der Waals surface area (Å²) in [6, 6.07) is 10.7. The number of nitrogens with zero attached hydrogens (tertiary/aromatic N) is 2. The first-order valence-electron chi connectivity index (χ1n) is 7.35. The summed E-state index contributed by atoms with van der Waals surface area (Å²) in [6.45, 7) is 0.196. The number of nitro benzene ring substituents is 2. The van der Waals surface area contributed by atoms with Gasteiger partial charge >= 0.3 is 6.72 Å². The Labute approximate surface area is 154 Å². The van der Waals surface area contributed by atoms with E-state index in [9.17, 15) is 20.2 Å². The lowest BCUT2D eigenvalue weighted by atomic mass is 10.3. The van der Waals surface area contributed by atoms with Crippen LogP contribution in [0.5, 0.6) is 11.5 Å². The minimum atomic E-state index is -3.30. The average molecular weight is 398 g/mol. The van der Waals surface area contributed by atoms with Gasteiger partial charge in [0.2, 0.25) is 0 Å². The lowest BCUT2D eigenvalue weighted by Crippen LogP contribution is -2.09. The van der Waals surface area contributed by atoms with Gasteiger partial charge in [0, 0.05) is 36.1 Å². The van der Waals surface area contributed by atoms with Crippen molar-refractivity contribution in [3.63, 3.8) is 0 Å². The van der Waals surface area contributed by atoms with E-state index >= 15 is 0 Å². The molecule has 0 saturated heterocycles. The van der Waals surface area contributed by atoms with Gasteiger partial charge in [0.25, 0.3) is 11.4 Å². The zero-order valence-corrected chi connectivity index (χ0v) is 15.5. The van der Waals surface area contributed by atoms with Gasteiger partial charge in [0.05, 0.1) is 16.0 Å². The van der Waals surface area contributed by atoms with Crippen LogP contribution in [0, 0.1) is 20.2 Å². The van der Waals surface area contributed by atoms with Gasteiger partial charge in [-0.1, -0.05) is 0 Å². The first kappa shape index (κ1) is 19.8. The van der Waals surface area contributed by atoms with Gasteiger partial charge in [0.1, 0.15) is 11.5 Å². The van der Waals surface area contributed by atoms with E-state index in [1.807, 2.05) is 0 Å². The minimum Gasteiger partial charge on any atom is -0.416 e. The molecule has 0 N–H and O–H groups in total. The topological polar surface area (TPSA) is 114 Å². The molecule has 0 radical (unpaired) electrons. The number of hydrogen-bond donors (Lipinski definition) is 0. The van der Waals surface area contributed by atoms with E-state index < -0.39 is 16.6 Å². The van der Waals surface area contributed by atoms with Gasteiger partial charge in [-0.3, -0.25) is 24.8 Å². The van der Waals surface area contributed by atoms with Gasteiger partial charge in [0.15, 0.2) is 0 Å². The Kier molecular flexibility index (Phi) is 6.25. The molecule has 0 aromatic heterocycles. The van der Waals surface area contributed by atoms with Crippen molar-refractivity contribution >= 4 is 29.9 Å². The Morgan fingerprint density at radius 1 is 0.846 bits per heavy atom. The largest absolute Gasteiger partial charge is 0.435 e. The van der Waals surface area contributed by atoms with Crippen LogP contribution in [-0.4, -0.2) is 16.0 Å². The second-order valence-electron chi connectivity index (χ2n) is 5.29. The number of hydrogen-bond acceptors (Lipinski definition) is 8. The van der Waals surface area contributed by atoms with Gasteiger partial charge in [-0.25, -0.2) is 0 Å². The normalized spacial score (nSPS) is 11.2. The number of nitro groups is 2. The van der Waals surface area contributed by atoms with E-state index in [4.69, 9.17) is 25.4 Å². The molecule has 0 atom stereocenters. The molecule has 0 aliphatic rings. The molecule has 2 rings (SSSR count). The highest BCUT2D eigenvalue weighted by Crippen LogP contribution is 2.51. The quantitative estimate of drug-likeness (QED) is 0.360. The SMILES string of the molecule is CC(C)OP(=S)(Oc1ccc([N+](=O)[O-])cc1)Oc1ccc([N+](=O)[O-])cc1. The molecule has 0 spiro atoms. The summed E-state index contributed by atoms with van der Waals surface area (Å²) in [6.07, 6.45) is -0.308. The second kappa shape index (κ2) is 8.22. The fourth-order valence-electron chi connectivity index (χ4n) is 1.84. The van der Waals surface area contributed by atoms with E-state index in [0.29, 0.717) is 0 Å². The molecule has 0 amide bonds. The standard InChI is InChI=1S/C15H15N2O7PS/c1-11(2)22-25(26,23-14-7-3-12(4-8-14)16(18)19)24-15-9-5-13(6-10-15)17(20)21/h3-11H,1-2H3. The molecular weight excluding hydrogens is 383 g/mol. The maximum atomic E-state index is 10.7. The smallest absolute Gasteiger partial charge is 0.416 e. The molecule has 9 nitrogen and oxygen atoms in total. The van der Waals surface area contributed by atoms with Gasteiger partial charge in [-0.2, -0.15) is 0 Å². The molecule has 0 aliphatic carbocycles. The Balaban J connectivity index is 2.22. The molecular formula is C15H15N2O7PS. The Bertz CT molecular complexity index is 777. The highest BCUT2D eigenvalue weighted by molar-refractivity contribution is 8.07. The summed E-state index contributed by atoms with van der Waals surface area (Å²) in [5.74, 6) is 0.503. The summed E-state index contributed by atoms with van der Waals surface area (Å²) in [5, 5.41) is 21.4. The van der Waals surface area contributed by atoms with Crippen LogP contribution in [0.25, 0.3) is 0 Å². The van der Waals surface area contributed by atoms with Crippen molar-refractivity contribution in [2.45, 2.75) is 20.0 Å². The molecule has 138 valence electrons. The predicted molar refractivity (Wildman–Crippen MR) is 98.0 cm³/mol. The number of benzene rings is 2. The maximum Gasteiger partial charge on any atom is 0.435 e. The summed E-state index contributed by atoms with van der Waals surface area (Å²) >= 11 is 5.39. The maximum absolute atomic E-state index is 10.7. The molecule has 11 heteroatoms. The monoisotopic (exact) mass is 398 g/mol. The Morgan fingerprint density at radius 3 is 1.46 bits per heavy atom. The first-order chi connectivity index (χ1) is 12.2. The van der Waals surface area contributed by atoms with Crippen molar-refractivity contribution in [2.75, 3.05) is 0 Å². The fourth-order valence-corrected chi connectivity index (χ4v) is 4.27. The molecule has 2 aromatic rings. The van der Waals surface area contributed by atoms with Gasteiger partial charge in [-0.05, 0) is 38.1 Å². The minimum absolute atomic E-state index is 0.0910. The van der Waals surface area contributed by atoms with E-state index in [1.165, 1.54) is 48.5 Å². The van der Waals surface area contributed by atoms with Crippen LogP contribution >= 0.6 is 6.72 Å². The van der Waals surface area contributed by atoms with Crippen LogP contribution in [0.15, 0.2) is 48.5 Å². The summed E-state index contributed by atoms with van der Waals surface area (Å²) < 4.78 is 16.9. The van der Waals surface area contributed by atoms with Crippen LogP contribution in [-0.2, 0) is 16.3 Å². The van der Waals surface area contributed by atoms with Crippen LogP contribution in [0.4, 0.5) is 11.4 Å². The van der Waals surface area contributed by atoms with Crippen molar-refractivity contribution in [3.05, 3.63) is 68.8 Å². The molecule has 0 unspecified atom stereocenters. The van der Waals surface area contributed by atoms with Crippen LogP contribution in [0.1, 0.15) is 13.8 Å². The van der Waals surface area contributed by atoms with Gasteiger partial charge < -0.3 is 9.05 Å². The zero-order valence-electron chi connectivity index (χ0n) is 13.8. The molecule has 0 fully saturated rings. The van der Waals surface area contributed by atoms with Crippen LogP contribution < -0.4 is 9.05 Å². The molecule has 0 bridgehead atoms. The summed E-state index contributed by atoms with van der Waals surface area (Å²) in [5.41, 5.74) is -0.182. The van der Waals surface area contributed by atoms with E-state index in [1.54, 1.807) is 13.8 Å². The summed E-state index contributed by atoms with van der Waals surface area (Å²) in [4.78, 5) is 20.4. The van der Waals surface area contributed by atoms with Crippen molar-refractivity contribution in [1.82, 2.24) is 0 Å². The third kappa shape index (κ3) is 5.48. The first-order valence-corrected chi connectivity index (χ1v) is 9.91. The highest BCUT2D eigenvalue weighted by Gasteiger charge is 2.27. The van der Waals surface area contributed by atoms with Crippen LogP contribution in [0.2, 0.25) is 0 Å². The molecule has 2 aromatic carbocycles. The van der Waals surface area contributed by atoms with Crippen molar-refractivity contribution in [1.29, 1.82) is 0 Å². The molecule has 0 heterocycles. The molecule has 26 heavy (non-hydrogen) atoms. The van der Waals surface area contributed by atoms with E-state index in [0.717, 1.165) is 0 Å². The van der Waals surface area contributed by atoms with E-state index in [2.05, 4.69) is 0 Å². The third-order valence-corrected chi connectivity index (χ3v) is 5.12.